The van der Waals surface area contributed by atoms with Crippen molar-refractivity contribution in [2.75, 3.05) is 0 Å². The first-order valence-electron chi connectivity index (χ1n) is 7.14. The molecule has 7 nitrogen and oxygen atoms in total. The second-order valence-electron chi connectivity index (χ2n) is 4.96. The van der Waals surface area contributed by atoms with Crippen LogP contribution in [0, 0.1) is 0 Å². The molecular weight excluding hydrogens is 326 g/mol. The molecule has 3 N–H and O–H groups in total. The third kappa shape index (κ3) is 3.49. The van der Waals surface area contributed by atoms with Gasteiger partial charge in [-0.15, -0.1) is 4.40 Å². The van der Waals surface area contributed by atoms with Gasteiger partial charge >= 0.3 is 0 Å². The second kappa shape index (κ2) is 6.63. The van der Waals surface area contributed by atoms with Crippen molar-refractivity contribution in [2.24, 2.45) is 10.1 Å². The molecule has 2 aromatic heterocycles. The summed E-state index contributed by atoms with van der Waals surface area (Å²) in [6.07, 6.45) is 3.18. The van der Waals surface area contributed by atoms with Crippen molar-refractivity contribution in [1.82, 2.24) is 15.3 Å². The van der Waals surface area contributed by atoms with Crippen molar-refractivity contribution in [3.8, 4) is 0 Å². The van der Waals surface area contributed by atoms with E-state index in [1.54, 1.807) is 42.6 Å². The normalized spacial score (nSPS) is 12.2. The van der Waals surface area contributed by atoms with Crippen molar-refractivity contribution in [3.05, 3.63) is 66.6 Å². The van der Waals surface area contributed by atoms with Crippen LogP contribution < -0.4 is 11.1 Å². The minimum Gasteiger partial charge on any atom is -0.369 e. The number of nitrogens with one attached hydrogen (secondary N) is 1. The summed E-state index contributed by atoms with van der Waals surface area (Å²) in [5.41, 5.74) is 6.79. The van der Waals surface area contributed by atoms with E-state index < -0.39 is 10.0 Å². The van der Waals surface area contributed by atoms with Crippen LogP contribution in [0.15, 0.2) is 70.2 Å². The maximum absolute atomic E-state index is 12.5. The number of aromatic nitrogens is 2. The Kier molecular flexibility index (Phi) is 4.39. The highest BCUT2D eigenvalue weighted by Crippen LogP contribution is 2.22. The number of nitrogens with zero attached hydrogens (tertiary/aromatic N) is 3. The molecule has 0 amide bonds. The fourth-order valence-corrected chi connectivity index (χ4v) is 3.27. The standard InChI is InChI=1S/C16H15N5O2S/c17-16(20-11-13-7-1-2-9-18-13)21-24(22,23)14-8-3-5-12-6-4-10-19-15(12)14/h1-10H,11H2,(H3,17,20,21). The smallest absolute Gasteiger partial charge is 0.287 e. The molecule has 8 heteroatoms. The van der Waals surface area contributed by atoms with Gasteiger partial charge in [0.2, 0.25) is 5.96 Å². The third-order valence-corrected chi connectivity index (χ3v) is 4.59. The van der Waals surface area contributed by atoms with E-state index in [4.69, 9.17) is 5.73 Å². The van der Waals surface area contributed by atoms with Gasteiger partial charge in [0.15, 0.2) is 0 Å². The molecular formula is C16H15N5O2S. The molecule has 0 aliphatic rings. The first-order valence-corrected chi connectivity index (χ1v) is 8.58. The van der Waals surface area contributed by atoms with Crippen LogP contribution in [-0.2, 0) is 16.6 Å². The Hall–Kier alpha value is -3.00. The molecule has 122 valence electrons. The summed E-state index contributed by atoms with van der Waals surface area (Å²) in [7, 11) is -3.97. The van der Waals surface area contributed by atoms with Crippen LogP contribution in [0.2, 0.25) is 0 Å². The molecule has 0 aliphatic carbocycles. The number of fused-ring (bicyclic) bond motifs is 1. The number of hydrogen-bond acceptors (Lipinski definition) is 4. The van der Waals surface area contributed by atoms with Gasteiger partial charge in [-0.3, -0.25) is 9.97 Å². The zero-order valence-electron chi connectivity index (χ0n) is 12.6. The van der Waals surface area contributed by atoms with Crippen LogP contribution in [0.25, 0.3) is 10.9 Å². The minimum absolute atomic E-state index is 0.0168. The van der Waals surface area contributed by atoms with E-state index in [1.165, 1.54) is 12.3 Å². The van der Waals surface area contributed by atoms with Crippen molar-refractivity contribution < 1.29 is 8.42 Å². The summed E-state index contributed by atoms with van der Waals surface area (Å²) in [5, 5.41) is 3.46. The number of benzene rings is 1. The highest BCUT2D eigenvalue weighted by Gasteiger charge is 2.17. The van der Waals surface area contributed by atoms with Gasteiger partial charge in [0.1, 0.15) is 4.90 Å². The number of pyridine rings is 2. The number of rotatable bonds is 4. The fraction of sp³-hybridized carbons (Fsp3) is 0.0625. The van der Waals surface area contributed by atoms with Gasteiger partial charge in [-0.2, -0.15) is 8.42 Å². The lowest BCUT2D eigenvalue weighted by atomic mass is 10.2. The average molecular weight is 341 g/mol. The van der Waals surface area contributed by atoms with Crippen molar-refractivity contribution in [2.45, 2.75) is 11.4 Å². The number of para-hydroxylation sites is 1. The molecule has 0 bridgehead atoms. The van der Waals surface area contributed by atoms with Gasteiger partial charge in [-0.1, -0.05) is 24.3 Å². The molecule has 0 fully saturated rings. The lowest BCUT2D eigenvalue weighted by Gasteiger charge is -2.06. The lowest BCUT2D eigenvalue weighted by Crippen LogP contribution is -2.32. The van der Waals surface area contributed by atoms with Crippen LogP contribution in [0.4, 0.5) is 0 Å². The maximum Gasteiger partial charge on any atom is 0.287 e. The molecule has 3 aromatic rings. The van der Waals surface area contributed by atoms with E-state index in [0.29, 0.717) is 10.9 Å². The number of hydrogen-bond donors (Lipinski definition) is 2. The van der Waals surface area contributed by atoms with E-state index in [-0.39, 0.29) is 17.4 Å². The number of nitrogens with two attached hydrogens (primary N) is 1. The quantitative estimate of drug-likeness (QED) is 0.548. The first-order chi connectivity index (χ1) is 11.6. The van der Waals surface area contributed by atoms with E-state index in [9.17, 15) is 8.42 Å². The van der Waals surface area contributed by atoms with Crippen LogP contribution >= 0.6 is 0 Å². The molecule has 0 saturated carbocycles. The Bertz CT molecular complexity index is 982. The second-order valence-corrected chi connectivity index (χ2v) is 6.53. The maximum atomic E-state index is 12.5. The summed E-state index contributed by atoms with van der Waals surface area (Å²) in [6, 6.07) is 13.8. The molecule has 0 atom stereocenters. The molecule has 3 rings (SSSR count). The van der Waals surface area contributed by atoms with Crippen LogP contribution in [-0.4, -0.2) is 24.3 Å². The van der Waals surface area contributed by atoms with Gasteiger partial charge in [-0.25, -0.2) is 0 Å². The topological polar surface area (TPSA) is 110 Å². The van der Waals surface area contributed by atoms with Crippen molar-refractivity contribution in [3.63, 3.8) is 0 Å². The Balaban J connectivity index is 1.86. The van der Waals surface area contributed by atoms with E-state index in [1.807, 2.05) is 6.07 Å². The summed E-state index contributed by atoms with van der Waals surface area (Å²) < 4.78 is 28.6. The van der Waals surface area contributed by atoms with Gasteiger partial charge in [0, 0.05) is 17.8 Å². The molecule has 0 unspecified atom stereocenters. The van der Waals surface area contributed by atoms with Crippen LogP contribution in [0.5, 0.6) is 0 Å². The summed E-state index contributed by atoms with van der Waals surface area (Å²) in [6.45, 7) is 0.277. The SMILES string of the molecule is N/C(=N/S(=O)(=O)c1cccc2cccnc12)NCc1ccccn1. The van der Waals surface area contributed by atoms with Crippen LogP contribution in [0.3, 0.4) is 0 Å². The summed E-state index contributed by atoms with van der Waals surface area (Å²) in [5.74, 6) is -0.200. The highest BCUT2D eigenvalue weighted by atomic mass is 32.2. The molecule has 1 aromatic carbocycles. The fourth-order valence-electron chi connectivity index (χ4n) is 2.18. The monoisotopic (exact) mass is 341 g/mol. The largest absolute Gasteiger partial charge is 0.369 e. The van der Waals surface area contributed by atoms with E-state index >= 15 is 0 Å². The Morgan fingerprint density at radius 1 is 1.04 bits per heavy atom. The molecule has 0 aliphatic heterocycles. The van der Waals surface area contributed by atoms with Gasteiger partial charge in [-0.05, 0) is 24.3 Å². The summed E-state index contributed by atoms with van der Waals surface area (Å²) >= 11 is 0. The molecule has 2 heterocycles. The number of sulfonamides is 1. The molecule has 24 heavy (non-hydrogen) atoms. The highest BCUT2D eigenvalue weighted by molar-refractivity contribution is 7.90. The van der Waals surface area contributed by atoms with Crippen molar-refractivity contribution in [1.29, 1.82) is 0 Å². The van der Waals surface area contributed by atoms with Gasteiger partial charge < -0.3 is 11.1 Å². The summed E-state index contributed by atoms with van der Waals surface area (Å²) in [4.78, 5) is 8.26. The Morgan fingerprint density at radius 3 is 2.62 bits per heavy atom. The molecule has 0 spiro atoms. The Labute approximate surface area is 139 Å². The van der Waals surface area contributed by atoms with Gasteiger partial charge in [0.25, 0.3) is 10.0 Å². The predicted octanol–water partition coefficient (Wildman–Crippen LogP) is 1.42. The minimum atomic E-state index is -3.97. The first kappa shape index (κ1) is 15.9. The Morgan fingerprint density at radius 2 is 1.83 bits per heavy atom. The van der Waals surface area contributed by atoms with E-state index in [0.717, 1.165) is 5.69 Å². The zero-order chi connectivity index (χ0) is 17.0. The average Bonchev–Trinajstić information content (AvgIpc) is 2.60. The lowest BCUT2D eigenvalue weighted by molar-refractivity contribution is 0.598. The van der Waals surface area contributed by atoms with E-state index in [2.05, 4.69) is 19.7 Å². The van der Waals surface area contributed by atoms with Crippen molar-refractivity contribution >= 4 is 26.9 Å². The van der Waals surface area contributed by atoms with Gasteiger partial charge in [0.05, 0.1) is 17.8 Å². The number of guanidine groups is 1. The molecule has 0 radical (unpaired) electrons. The predicted molar refractivity (Wildman–Crippen MR) is 91.6 cm³/mol. The third-order valence-electron chi connectivity index (χ3n) is 3.27. The zero-order valence-corrected chi connectivity index (χ0v) is 13.4. The van der Waals surface area contributed by atoms with Crippen LogP contribution in [0.1, 0.15) is 5.69 Å². The molecule has 0 saturated heterocycles.